The Morgan fingerprint density at radius 1 is 1.64 bits per heavy atom. The average molecular weight is 214 g/mol. The highest BCUT2D eigenvalue weighted by Gasteiger charge is 2.44. The summed E-state index contributed by atoms with van der Waals surface area (Å²) in [7, 11) is 0. The third-order valence-electron chi connectivity index (χ3n) is 2.59. The van der Waals surface area contributed by atoms with Gasteiger partial charge in [-0.2, -0.15) is 4.98 Å². The second-order valence-corrected chi connectivity index (χ2v) is 4.12. The van der Waals surface area contributed by atoms with Crippen LogP contribution in [0.5, 0.6) is 0 Å². The molecule has 74 valence electrons. The number of aromatic nitrogens is 2. The number of ether oxygens (including phenoxy) is 1. The van der Waals surface area contributed by atoms with Crippen molar-refractivity contribution >= 4 is 17.4 Å². The smallest absolute Gasteiger partial charge is 0.350 e. The van der Waals surface area contributed by atoms with Gasteiger partial charge in [0.25, 0.3) is 0 Å². The van der Waals surface area contributed by atoms with Crippen LogP contribution in [-0.2, 0) is 11.3 Å². The molecule has 1 spiro atoms. The molecule has 6 heteroatoms. The Balaban J connectivity index is 2.09. The molecule has 14 heavy (non-hydrogen) atoms. The van der Waals surface area contributed by atoms with Gasteiger partial charge >= 0.3 is 5.69 Å². The molecule has 0 radical (unpaired) electrons. The molecule has 3 heterocycles. The van der Waals surface area contributed by atoms with Crippen molar-refractivity contribution in [2.24, 2.45) is 0 Å². The van der Waals surface area contributed by atoms with Crippen molar-refractivity contribution in [3.63, 3.8) is 0 Å². The molecule has 2 aliphatic heterocycles. The van der Waals surface area contributed by atoms with Gasteiger partial charge in [-0.15, -0.1) is 0 Å². The summed E-state index contributed by atoms with van der Waals surface area (Å²) < 4.78 is 6.72. The predicted octanol–water partition coefficient (Wildman–Crippen LogP) is 0.0912. The molecular weight excluding hydrogens is 206 g/mol. The summed E-state index contributed by atoms with van der Waals surface area (Å²) in [4.78, 5) is 15.1. The SMILES string of the molecule is O=c1nc(Cl)cc2n1CC1(COC1)N2. The summed E-state index contributed by atoms with van der Waals surface area (Å²) in [5, 5.41) is 3.47. The molecule has 1 N–H and O–H groups in total. The van der Waals surface area contributed by atoms with Gasteiger partial charge in [0.15, 0.2) is 0 Å². The van der Waals surface area contributed by atoms with Crippen molar-refractivity contribution in [1.82, 2.24) is 9.55 Å². The highest BCUT2D eigenvalue weighted by molar-refractivity contribution is 6.29. The molecular formula is C8H8ClN3O2. The van der Waals surface area contributed by atoms with Gasteiger partial charge in [-0.1, -0.05) is 11.6 Å². The van der Waals surface area contributed by atoms with Crippen molar-refractivity contribution in [2.45, 2.75) is 12.1 Å². The zero-order valence-electron chi connectivity index (χ0n) is 7.29. The van der Waals surface area contributed by atoms with E-state index in [0.717, 1.165) is 5.82 Å². The number of hydrogen-bond donors (Lipinski definition) is 1. The van der Waals surface area contributed by atoms with Crippen LogP contribution in [0.25, 0.3) is 0 Å². The first-order valence-corrected chi connectivity index (χ1v) is 4.70. The van der Waals surface area contributed by atoms with Gasteiger partial charge in [0.2, 0.25) is 0 Å². The minimum atomic E-state index is -0.302. The summed E-state index contributed by atoms with van der Waals surface area (Å²) >= 11 is 5.69. The monoisotopic (exact) mass is 213 g/mol. The molecule has 1 saturated heterocycles. The lowest BCUT2D eigenvalue weighted by Gasteiger charge is -2.37. The Hall–Kier alpha value is -1.07. The lowest BCUT2D eigenvalue weighted by molar-refractivity contribution is -0.0432. The average Bonchev–Trinajstić information content (AvgIpc) is 2.42. The van der Waals surface area contributed by atoms with Crippen LogP contribution in [0.1, 0.15) is 0 Å². The standard InChI is InChI=1S/C8H8ClN3O2/c9-5-1-6-11-8(3-14-4-8)2-12(6)7(13)10-5/h1,11H,2-4H2. The van der Waals surface area contributed by atoms with Crippen molar-refractivity contribution < 1.29 is 4.74 Å². The molecule has 3 rings (SSSR count). The third kappa shape index (κ3) is 0.994. The topological polar surface area (TPSA) is 56.2 Å². The number of nitrogens with one attached hydrogen (secondary N) is 1. The van der Waals surface area contributed by atoms with Crippen LogP contribution in [0.3, 0.4) is 0 Å². The van der Waals surface area contributed by atoms with E-state index >= 15 is 0 Å². The molecule has 0 amide bonds. The van der Waals surface area contributed by atoms with E-state index in [1.165, 1.54) is 0 Å². The Morgan fingerprint density at radius 3 is 3.07 bits per heavy atom. The van der Waals surface area contributed by atoms with E-state index in [1.807, 2.05) is 0 Å². The van der Waals surface area contributed by atoms with E-state index in [4.69, 9.17) is 16.3 Å². The second kappa shape index (κ2) is 2.49. The maximum absolute atomic E-state index is 11.4. The Morgan fingerprint density at radius 2 is 2.43 bits per heavy atom. The minimum Gasteiger partial charge on any atom is -0.376 e. The Labute approximate surface area is 84.7 Å². The molecule has 0 unspecified atom stereocenters. The molecule has 1 aromatic heterocycles. The van der Waals surface area contributed by atoms with E-state index in [0.29, 0.717) is 19.8 Å². The van der Waals surface area contributed by atoms with E-state index in [-0.39, 0.29) is 16.4 Å². The molecule has 2 aliphatic rings. The highest BCUT2D eigenvalue weighted by atomic mass is 35.5. The molecule has 0 aromatic carbocycles. The lowest BCUT2D eigenvalue weighted by Crippen LogP contribution is -2.55. The number of nitrogens with zero attached hydrogens (tertiary/aromatic N) is 2. The van der Waals surface area contributed by atoms with E-state index in [2.05, 4.69) is 10.3 Å². The summed E-state index contributed by atoms with van der Waals surface area (Å²) in [6.45, 7) is 1.88. The first kappa shape index (κ1) is 8.26. The van der Waals surface area contributed by atoms with Gasteiger partial charge in [-0.3, -0.25) is 4.57 Å². The van der Waals surface area contributed by atoms with Crippen LogP contribution >= 0.6 is 11.6 Å². The highest BCUT2D eigenvalue weighted by Crippen LogP contribution is 2.31. The maximum atomic E-state index is 11.4. The van der Waals surface area contributed by atoms with Gasteiger partial charge < -0.3 is 10.1 Å². The number of hydrogen-bond acceptors (Lipinski definition) is 4. The lowest BCUT2D eigenvalue weighted by atomic mass is 9.99. The summed E-state index contributed by atoms with van der Waals surface area (Å²) in [6, 6.07) is 1.66. The molecule has 0 saturated carbocycles. The molecule has 0 atom stereocenters. The predicted molar refractivity (Wildman–Crippen MR) is 50.7 cm³/mol. The first-order chi connectivity index (χ1) is 6.69. The quantitative estimate of drug-likeness (QED) is 0.621. The van der Waals surface area contributed by atoms with Crippen LogP contribution in [-0.4, -0.2) is 28.3 Å². The number of halogens is 1. The fourth-order valence-corrected chi connectivity index (χ4v) is 2.04. The Bertz CT molecular complexity index is 452. The largest absolute Gasteiger partial charge is 0.376 e. The van der Waals surface area contributed by atoms with Crippen LogP contribution in [0.4, 0.5) is 5.82 Å². The molecule has 0 aliphatic carbocycles. The van der Waals surface area contributed by atoms with Crippen LogP contribution in [0.15, 0.2) is 10.9 Å². The fraction of sp³-hybridized carbons (Fsp3) is 0.500. The number of fused-ring (bicyclic) bond motifs is 1. The van der Waals surface area contributed by atoms with Gasteiger partial charge in [0.05, 0.1) is 19.8 Å². The van der Waals surface area contributed by atoms with E-state index in [1.54, 1.807) is 10.6 Å². The number of anilines is 1. The van der Waals surface area contributed by atoms with Gasteiger partial charge in [0, 0.05) is 6.07 Å². The second-order valence-electron chi connectivity index (χ2n) is 3.73. The zero-order valence-corrected chi connectivity index (χ0v) is 8.04. The van der Waals surface area contributed by atoms with E-state index < -0.39 is 0 Å². The molecule has 0 bridgehead atoms. The van der Waals surface area contributed by atoms with Gasteiger partial charge in [-0.05, 0) is 0 Å². The summed E-state index contributed by atoms with van der Waals surface area (Å²) in [5.74, 6) is 0.735. The van der Waals surface area contributed by atoms with Crippen molar-refractivity contribution in [3.05, 3.63) is 21.7 Å². The normalized spacial score (nSPS) is 21.5. The zero-order chi connectivity index (χ0) is 9.76. The van der Waals surface area contributed by atoms with Crippen LogP contribution in [0, 0.1) is 0 Å². The van der Waals surface area contributed by atoms with Gasteiger partial charge in [0.1, 0.15) is 16.5 Å². The third-order valence-corrected chi connectivity index (χ3v) is 2.78. The number of rotatable bonds is 0. The van der Waals surface area contributed by atoms with Crippen LogP contribution < -0.4 is 11.0 Å². The van der Waals surface area contributed by atoms with E-state index in [9.17, 15) is 4.79 Å². The fourth-order valence-electron chi connectivity index (χ4n) is 1.86. The maximum Gasteiger partial charge on any atom is 0.350 e. The minimum absolute atomic E-state index is 0.0987. The van der Waals surface area contributed by atoms with Gasteiger partial charge in [-0.25, -0.2) is 4.79 Å². The van der Waals surface area contributed by atoms with Crippen molar-refractivity contribution in [1.29, 1.82) is 0 Å². The molecule has 1 fully saturated rings. The molecule has 5 nitrogen and oxygen atoms in total. The van der Waals surface area contributed by atoms with Crippen LogP contribution in [0.2, 0.25) is 5.15 Å². The molecule has 1 aromatic rings. The summed E-state index contributed by atoms with van der Waals surface area (Å²) in [6.07, 6.45) is 0. The van der Waals surface area contributed by atoms with Crippen molar-refractivity contribution in [2.75, 3.05) is 18.5 Å². The summed E-state index contributed by atoms with van der Waals surface area (Å²) in [5.41, 5.74) is -0.401. The first-order valence-electron chi connectivity index (χ1n) is 4.32. The Kier molecular flexibility index (Phi) is 1.47. The van der Waals surface area contributed by atoms with Crippen molar-refractivity contribution in [3.8, 4) is 0 Å².